The Morgan fingerprint density at radius 3 is 2.45 bits per heavy atom. The van der Waals surface area contributed by atoms with Gasteiger partial charge in [0.1, 0.15) is 49.5 Å². The fraction of sp³-hybridized carbons (Fsp3) is 0.478. The molecule has 8 nitrogen and oxygen atoms in total. The van der Waals surface area contributed by atoms with Crippen LogP contribution in [0.25, 0.3) is 0 Å². The summed E-state index contributed by atoms with van der Waals surface area (Å²) in [4.78, 5) is 0. The fourth-order valence-electron chi connectivity index (χ4n) is 4.51. The van der Waals surface area contributed by atoms with E-state index in [0.29, 0.717) is 37.6 Å². The number of hydrogen-bond acceptors (Lipinski definition) is 8. The van der Waals surface area contributed by atoms with E-state index in [2.05, 4.69) is 0 Å². The minimum Gasteiger partial charge on any atom is -0.493 e. The largest absolute Gasteiger partial charge is 0.493 e. The number of ether oxygens (including phenoxy) is 4. The lowest BCUT2D eigenvalue weighted by atomic mass is 9.88. The molecule has 5 atom stereocenters. The molecule has 4 N–H and O–H groups in total. The Morgan fingerprint density at radius 2 is 1.65 bits per heavy atom. The normalized spacial score (nSPS) is 29.4. The highest BCUT2D eigenvalue weighted by Gasteiger charge is 2.44. The second kappa shape index (κ2) is 8.29. The Balaban J connectivity index is 1.48. The lowest BCUT2D eigenvalue weighted by Crippen LogP contribution is -2.55. The number of aliphatic hydroxyl groups excluding tert-OH is 4. The minimum absolute atomic E-state index is 0.459. The molecule has 8 heteroatoms. The van der Waals surface area contributed by atoms with Crippen LogP contribution in [-0.4, -0.2) is 71.3 Å². The van der Waals surface area contributed by atoms with Crippen molar-refractivity contribution in [3.63, 3.8) is 0 Å². The van der Waals surface area contributed by atoms with Crippen molar-refractivity contribution in [2.24, 2.45) is 0 Å². The van der Waals surface area contributed by atoms with Crippen molar-refractivity contribution in [2.45, 2.75) is 43.4 Å². The van der Waals surface area contributed by atoms with E-state index < -0.39 is 37.1 Å². The smallest absolute Gasteiger partial charge is 0.161 e. The van der Waals surface area contributed by atoms with Gasteiger partial charge in [-0.3, -0.25) is 0 Å². The topological polar surface area (TPSA) is 118 Å². The van der Waals surface area contributed by atoms with Crippen molar-refractivity contribution < 1.29 is 39.4 Å². The maximum atomic E-state index is 10.6. The average molecular weight is 430 g/mol. The maximum Gasteiger partial charge on any atom is 0.161 e. The molecule has 2 aromatic carbocycles. The highest BCUT2D eigenvalue weighted by Crippen LogP contribution is 2.39. The highest BCUT2D eigenvalue weighted by molar-refractivity contribution is 5.51. The molecule has 31 heavy (non-hydrogen) atoms. The monoisotopic (exact) mass is 430 g/mol. The van der Waals surface area contributed by atoms with Gasteiger partial charge in [0.2, 0.25) is 0 Å². The summed E-state index contributed by atoms with van der Waals surface area (Å²) in [6.45, 7) is 1.16. The summed E-state index contributed by atoms with van der Waals surface area (Å²) in [7, 11) is 0. The summed E-state index contributed by atoms with van der Waals surface area (Å²) in [5, 5.41) is 40.4. The Bertz CT molecular complexity index is 959. The van der Waals surface area contributed by atoms with E-state index in [-0.39, 0.29) is 0 Å². The molecule has 0 aliphatic carbocycles. The number of benzene rings is 2. The van der Waals surface area contributed by atoms with Crippen LogP contribution in [0.15, 0.2) is 30.3 Å². The molecule has 0 saturated carbocycles. The van der Waals surface area contributed by atoms with E-state index in [9.17, 15) is 20.4 Å². The van der Waals surface area contributed by atoms with Gasteiger partial charge in [0.25, 0.3) is 0 Å². The molecule has 0 bridgehead atoms. The predicted molar refractivity (Wildman–Crippen MR) is 109 cm³/mol. The molecule has 3 heterocycles. The molecule has 3 aliphatic rings. The van der Waals surface area contributed by atoms with Crippen LogP contribution in [0.4, 0.5) is 0 Å². The van der Waals surface area contributed by atoms with Gasteiger partial charge >= 0.3 is 0 Å². The molecule has 0 radical (unpaired) electrons. The first-order valence-corrected chi connectivity index (χ1v) is 10.5. The van der Waals surface area contributed by atoms with Gasteiger partial charge in [-0.05, 0) is 46.5 Å². The van der Waals surface area contributed by atoms with E-state index in [1.807, 2.05) is 30.3 Å². The number of hydrogen-bond donors (Lipinski definition) is 4. The second-order valence-electron chi connectivity index (χ2n) is 8.17. The van der Waals surface area contributed by atoms with E-state index >= 15 is 0 Å². The van der Waals surface area contributed by atoms with Gasteiger partial charge in [-0.15, -0.1) is 0 Å². The van der Waals surface area contributed by atoms with Crippen LogP contribution in [0, 0.1) is 0 Å². The third-order valence-corrected chi connectivity index (χ3v) is 6.10. The first-order valence-electron chi connectivity index (χ1n) is 10.5. The van der Waals surface area contributed by atoms with Crippen molar-refractivity contribution in [2.75, 3.05) is 26.4 Å². The number of fused-ring (bicyclic) bond motifs is 2. The van der Waals surface area contributed by atoms with Crippen molar-refractivity contribution >= 4 is 0 Å². The van der Waals surface area contributed by atoms with Gasteiger partial charge in [-0.25, -0.2) is 0 Å². The lowest BCUT2D eigenvalue weighted by molar-refractivity contribution is -0.231. The van der Waals surface area contributed by atoms with Crippen LogP contribution in [0.5, 0.6) is 17.2 Å². The van der Waals surface area contributed by atoms with E-state index in [1.54, 1.807) is 0 Å². The summed E-state index contributed by atoms with van der Waals surface area (Å²) in [5.74, 6) is 2.26. The zero-order valence-corrected chi connectivity index (χ0v) is 16.9. The third-order valence-electron chi connectivity index (χ3n) is 6.10. The average Bonchev–Trinajstić information content (AvgIpc) is 3.27. The van der Waals surface area contributed by atoms with Crippen LogP contribution >= 0.6 is 0 Å². The van der Waals surface area contributed by atoms with E-state index in [4.69, 9.17) is 18.9 Å². The van der Waals surface area contributed by atoms with E-state index in [1.165, 1.54) is 0 Å². The molecule has 0 spiro atoms. The predicted octanol–water partition coefficient (Wildman–Crippen LogP) is 0.498. The van der Waals surface area contributed by atoms with Crippen LogP contribution in [0.1, 0.15) is 28.4 Å². The maximum absolute atomic E-state index is 10.6. The summed E-state index contributed by atoms with van der Waals surface area (Å²) < 4.78 is 22.9. The molecular weight excluding hydrogens is 404 g/mol. The van der Waals surface area contributed by atoms with Gasteiger partial charge in [0.15, 0.2) is 11.5 Å². The SMILES string of the molecule is OCC1OC(c2cc3c(c(Cc4ccc5c(c4)OCCO5)c2)OCC3)C(O)C(O)C1O. The first kappa shape index (κ1) is 20.5. The van der Waals surface area contributed by atoms with E-state index in [0.717, 1.165) is 34.6 Å². The summed E-state index contributed by atoms with van der Waals surface area (Å²) in [6, 6.07) is 9.63. The van der Waals surface area contributed by atoms with Gasteiger partial charge in [0.05, 0.1) is 13.2 Å². The molecule has 166 valence electrons. The van der Waals surface area contributed by atoms with Gasteiger partial charge in [-0.1, -0.05) is 6.07 Å². The Morgan fingerprint density at radius 1 is 0.839 bits per heavy atom. The first-order chi connectivity index (χ1) is 15.0. The van der Waals surface area contributed by atoms with Gasteiger partial charge < -0.3 is 39.4 Å². The Labute approximate surface area is 179 Å². The van der Waals surface area contributed by atoms with Gasteiger partial charge in [-0.2, -0.15) is 0 Å². The molecule has 0 aromatic heterocycles. The zero-order valence-electron chi connectivity index (χ0n) is 16.9. The Kier molecular flexibility index (Phi) is 5.49. The van der Waals surface area contributed by atoms with Crippen LogP contribution in [-0.2, 0) is 17.6 Å². The summed E-state index contributed by atoms with van der Waals surface area (Å²) in [5.41, 5.74) is 3.63. The summed E-state index contributed by atoms with van der Waals surface area (Å²) >= 11 is 0. The van der Waals surface area contributed by atoms with Crippen LogP contribution in [0.3, 0.4) is 0 Å². The molecule has 3 aliphatic heterocycles. The van der Waals surface area contributed by atoms with Gasteiger partial charge in [0, 0.05) is 12.8 Å². The second-order valence-corrected chi connectivity index (χ2v) is 8.17. The standard InChI is InChI=1S/C23H26O8/c24-11-18-19(25)20(26)21(27)23(31-18)15-9-13-3-4-30-22(13)14(10-15)7-12-1-2-16-17(8-12)29-6-5-28-16/h1-2,8-10,18-21,23-27H,3-7,11H2. The van der Waals surface area contributed by atoms with Crippen LogP contribution in [0.2, 0.25) is 0 Å². The molecular formula is C23H26O8. The molecule has 5 unspecified atom stereocenters. The van der Waals surface area contributed by atoms with Crippen molar-refractivity contribution in [1.29, 1.82) is 0 Å². The Hall–Kier alpha value is -2.36. The molecule has 1 fully saturated rings. The zero-order chi connectivity index (χ0) is 21.5. The minimum atomic E-state index is -1.42. The quantitative estimate of drug-likeness (QED) is 0.554. The third kappa shape index (κ3) is 3.75. The van der Waals surface area contributed by atoms with Crippen molar-refractivity contribution in [3.05, 3.63) is 52.6 Å². The number of aliphatic hydroxyl groups is 4. The lowest BCUT2D eigenvalue weighted by Gasteiger charge is -2.40. The highest BCUT2D eigenvalue weighted by atomic mass is 16.6. The van der Waals surface area contributed by atoms with Crippen molar-refractivity contribution in [1.82, 2.24) is 0 Å². The molecule has 2 aromatic rings. The molecule has 1 saturated heterocycles. The number of rotatable bonds is 4. The van der Waals surface area contributed by atoms with Crippen molar-refractivity contribution in [3.8, 4) is 17.2 Å². The van der Waals surface area contributed by atoms with Crippen LogP contribution < -0.4 is 14.2 Å². The fourth-order valence-corrected chi connectivity index (χ4v) is 4.51. The molecule has 0 amide bonds. The molecule has 5 rings (SSSR count). The summed E-state index contributed by atoms with van der Waals surface area (Å²) in [6.07, 6.45) is -4.64.